The van der Waals surface area contributed by atoms with Crippen LogP contribution in [-0.2, 0) is 31.1 Å². The predicted octanol–water partition coefficient (Wildman–Crippen LogP) is 0.778. The van der Waals surface area contributed by atoms with Crippen LogP contribution in [0.5, 0.6) is 0 Å². The molecule has 1 aromatic carbocycles. The fourth-order valence-corrected chi connectivity index (χ4v) is 6.92. The number of nitrogens with zero attached hydrogens (tertiary/aromatic N) is 4. The molecule has 1 aliphatic heterocycles. The van der Waals surface area contributed by atoms with Gasteiger partial charge in [0.05, 0.1) is 16.4 Å². The van der Waals surface area contributed by atoms with E-state index < -0.39 is 25.9 Å². The van der Waals surface area contributed by atoms with Gasteiger partial charge in [-0.2, -0.15) is 10.1 Å². The Hall–Kier alpha value is -2.90. The van der Waals surface area contributed by atoms with Gasteiger partial charge in [-0.1, -0.05) is 0 Å². The molecule has 33 heavy (non-hydrogen) atoms. The van der Waals surface area contributed by atoms with Crippen LogP contribution in [0.3, 0.4) is 0 Å². The Morgan fingerprint density at radius 3 is 2.61 bits per heavy atom. The minimum atomic E-state index is -3.86. The number of carbonyl (C=O) groups is 1. The molecule has 1 amide bonds. The Morgan fingerprint density at radius 1 is 1.21 bits per heavy atom. The third-order valence-corrected chi connectivity index (χ3v) is 8.90. The minimum absolute atomic E-state index is 0.00301. The summed E-state index contributed by atoms with van der Waals surface area (Å²) >= 11 is 0. The van der Waals surface area contributed by atoms with Gasteiger partial charge in [0.2, 0.25) is 15.9 Å². The van der Waals surface area contributed by atoms with Gasteiger partial charge in [0.1, 0.15) is 6.33 Å². The van der Waals surface area contributed by atoms with Crippen LogP contribution in [0.25, 0.3) is 5.78 Å². The van der Waals surface area contributed by atoms with Crippen LogP contribution in [-0.4, -0.2) is 59.9 Å². The summed E-state index contributed by atoms with van der Waals surface area (Å²) in [6.07, 6.45) is 2.36. The summed E-state index contributed by atoms with van der Waals surface area (Å²) in [5.41, 5.74) is 3.04. The molecule has 3 heterocycles. The lowest BCUT2D eigenvalue weighted by Crippen LogP contribution is -2.35. The summed E-state index contributed by atoms with van der Waals surface area (Å²) in [4.78, 5) is 20.9. The molecule has 1 aliphatic rings. The number of aryl methyl sites for hydroxylation is 2. The van der Waals surface area contributed by atoms with Crippen LogP contribution in [0.4, 0.5) is 5.69 Å². The number of sulfone groups is 1. The summed E-state index contributed by atoms with van der Waals surface area (Å²) in [7, 11) is -7.05. The molecule has 2 N–H and O–H groups in total. The van der Waals surface area contributed by atoms with Crippen molar-refractivity contribution in [2.75, 3.05) is 16.8 Å². The fourth-order valence-electron chi connectivity index (χ4n) is 3.87. The lowest BCUT2D eigenvalue weighted by atomic mass is 10.1. The number of hydrogen-bond donors (Lipinski definition) is 2. The highest BCUT2D eigenvalue weighted by Gasteiger charge is 2.31. The van der Waals surface area contributed by atoms with Crippen LogP contribution in [0.15, 0.2) is 35.5 Å². The van der Waals surface area contributed by atoms with E-state index in [1.807, 2.05) is 13.8 Å². The van der Waals surface area contributed by atoms with Crippen molar-refractivity contribution in [2.24, 2.45) is 0 Å². The van der Waals surface area contributed by atoms with Crippen molar-refractivity contribution < 1.29 is 21.6 Å². The monoisotopic (exact) mass is 492 g/mol. The number of amides is 1. The van der Waals surface area contributed by atoms with Gasteiger partial charge in [0.15, 0.2) is 9.84 Å². The molecule has 0 saturated carbocycles. The SMILES string of the molecule is Cc1nc2ncnn2c(C)c1CCC(=O)Nc1ccc(S(=O)(=O)N[C@H]2CCS(=O)(=O)C2)cc1. The summed E-state index contributed by atoms with van der Waals surface area (Å²) in [5.74, 6) is 0.0701. The van der Waals surface area contributed by atoms with Gasteiger partial charge in [0.25, 0.3) is 5.78 Å². The number of fused-ring (bicyclic) bond motifs is 1. The molecule has 3 aromatic rings. The molecule has 0 bridgehead atoms. The maximum atomic E-state index is 12.5. The molecular formula is C20H24N6O5S2. The van der Waals surface area contributed by atoms with E-state index in [0.29, 0.717) is 17.9 Å². The largest absolute Gasteiger partial charge is 0.326 e. The quantitative estimate of drug-likeness (QED) is 0.491. The van der Waals surface area contributed by atoms with E-state index in [1.54, 1.807) is 4.52 Å². The Morgan fingerprint density at radius 2 is 1.94 bits per heavy atom. The van der Waals surface area contributed by atoms with Gasteiger partial charge in [-0.05, 0) is 56.5 Å². The normalized spacial score (nSPS) is 17.9. The van der Waals surface area contributed by atoms with E-state index in [-0.39, 0.29) is 35.2 Å². The first kappa shape index (κ1) is 23.3. The van der Waals surface area contributed by atoms with Crippen molar-refractivity contribution in [2.45, 2.75) is 44.0 Å². The van der Waals surface area contributed by atoms with Crippen LogP contribution in [0.1, 0.15) is 29.8 Å². The molecule has 1 saturated heterocycles. The van der Waals surface area contributed by atoms with Crippen molar-refractivity contribution in [3.63, 3.8) is 0 Å². The van der Waals surface area contributed by atoms with Crippen molar-refractivity contribution in [1.29, 1.82) is 0 Å². The van der Waals surface area contributed by atoms with E-state index in [1.165, 1.54) is 30.6 Å². The first-order valence-electron chi connectivity index (χ1n) is 10.3. The molecule has 13 heteroatoms. The van der Waals surface area contributed by atoms with Crippen molar-refractivity contribution >= 4 is 37.2 Å². The van der Waals surface area contributed by atoms with E-state index in [2.05, 4.69) is 25.1 Å². The number of nitrogens with one attached hydrogen (secondary N) is 2. The van der Waals surface area contributed by atoms with Crippen molar-refractivity contribution in [3.05, 3.63) is 47.5 Å². The zero-order valence-corrected chi connectivity index (χ0v) is 19.8. The van der Waals surface area contributed by atoms with Crippen LogP contribution in [0, 0.1) is 13.8 Å². The average Bonchev–Trinajstić information content (AvgIpc) is 3.33. The first-order chi connectivity index (χ1) is 15.5. The second kappa shape index (κ2) is 8.80. The summed E-state index contributed by atoms with van der Waals surface area (Å²) in [6, 6.07) is 5.11. The van der Waals surface area contributed by atoms with Gasteiger partial charge in [-0.15, -0.1) is 0 Å². The highest BCUT2D eigenvalue weighted by molar-refractivity contribution is 7.92. The molecular weight excluding hydrogens is 468 g/mol. The fraction of sp³-hybridized carbons (Fsp3) is 0.400. The molecule has 0 spiro atoms. The number of aromatic nitrogens is 4. The maximum absolute atomic E-state index is 12.5. The van der Waals surface area contributed by atoms with E-state index in [9.17, 15) is 21.6 Å². The highest BCUT2D eigenvalue weighted by Crippen LogP contribution is 2.19. The van der Waals surface area contributed by atoms with Gasteiger partial charge >= 0.3 is 0 Å². The second-order valence-corrected chi connectivity index (χ2v) is 12.0. The lowest BCUT2D eigenvalue weighted by molar-refractivity contribution is -0.116. The van der Waals surface area contributed by atoms with Crippen LogP contribution < -0.4 is 10.0 Å². The van der Waals surface area contributed by atoms with Gasteiger partial charge in [0, 0.05) is 29.5 Å². The summed E-state index contributed by atoms with van der Waals surface area (Å²) in [6.45, 7) is 3.76. The molecule has 2 aromatic heterocycles. The molecule has 0 radical (unpaired) electrons. The van der Waals surface area contributed by atoms with Crippen molar-refractivity contribution in [3.8, 4) is 0 Å². The van der Waals surface area contributed by atoms with Gasteiger partial charge in [-0.3, -0.25) is 4.79 Å². The van der Waals surface area contributed by atoms with Gasteiger partial charge in [-0.25, -0.2) is 31.1 Å². The standard InChI is InChI=1S/C20H24N6O5S2/c1-13-18(14(2)26-20(23-13)21-12-22-26)7-8-19(27)24-15-3-5-17(6-4-15)33(30,31)25-16-9-10-32(28,29)11-16/h3-6,12,16,25H,7-11H2,1-2H3,(H,24,27)/t16-/m0/s1. The zero-order chi connectivity index (χ0) is 23.8. The Balaban J connectivity index is 1.36. The van der Waals surface area contributed by atoms with Crippen LogP contribution >= 0.6 is 0 Å². The molecule has 4 rings (SSSR count). The molecule has 11 nitrogen and oxygen atoms in total. The van der Waals surface area contributed by atoms with E-state index >= 15 is 0 Å². The van der Waals surface area contributed by atoms with E-state index in [4.69, 9.17) is 0 Å². The van der Waals surface area contributed by atoms with Crippen LogP contribution in [0.2, 0.25) is 0 Å². The number of sulfonamides is 1. The molecule has 176 valence electrons. The lowest BCUT2D eigenvalue weighted by Gasteiger charge is -2.12. The first-order valence-corrected chi connectivity index (χ1v) is 13.6. The average molecular weight is 493 g/mol. The Kier molecular flexibility index (Phi) is 6.20. The second-order valence-electron chi connectivity index (χ2n) is 8.03. The highest BCUT2D eigenvalue weighted by atomic mass is 32.2. The number of benzene rings is 1. The third-order valence-electron chi connectivity index (χ3n) is 5.59. The molecule has 0 unspecified atom stereocenters. The number of rotatable bonds is 7. The predicted molar refractivity (Wildman–Crippen MR) is 121 cm³/mol. The topological polar surface area (TPSA) is 152 Å². The Labute approximate surface area is 191 Å². The van der Waals surface area contributed by atoms with E-state index in [0.717, 1.165) is 17.0 Å². The smallest absolute Gasteiger partial charge is 0.252 e. The zero-order valence-electron chi connectivity index (χ0n) is 18.1. The minimum Gasteiger partial charge on any atom is -0.326 e. The molecule has 1 atom stereocenters. The number of hydrogen-bond acceptors (Lipinski definition) is 8. The van der Waals surface area contributed by atoms with Crippen molar-refractivity contribution in [1.82, 2.24) is 24.3 Å². The molecule has 1 fully saturated rings. The molecule has 0 aliphatic carbocycles. The van der Waals surface area contributed by atoms with Gasteiger partial charge < -0.3 is 5.32 Å². The Bertz CT molecular complexity index is 1420. The number of carbonyl (C=O) groups excluding carboxylic acids is 1. The number of anilines is 1. The summed E-state index contributed by atoms with van der Waals surface area (Å²) < 4.78 is 52.2. The third kappa shape index (κ3) is 5.20. The maximum Gasteiger partial charge on any atom is 0.252 e. The summed E-state index contributed by atoms with van der Waals surface area (Å²) in [5, 5.41) is 6.90.